The fourth-order valence-electron chi connectivity index (χ4n) is 0.989. The molecule has 0 aromatic heterocycles. The summed E-state index contributed by atoms with van der Waals surface area (Å²) in [5, 5.41) is 0. The number of thiol groups is 1. The van der Waals surface area contributed by atoms with Crippen molar-refractivity contribution in [3.63, 3.8) is 0 Å². The summed E-state index contributed by atoms with van der Waals surface area (Å²) in [4.78, 5) is 0. The first-order chi connectivity index (χ1) is 5.77. The molecule has 66 valence electrons. The van der Waals surface area contributed by atoms with Crippen LogP contribution < -0.4 is 4.74 Å². The molecule has 0 radical (unpaired) electrons. The van der Waals surface area contributed by atoms with Gasteiger partial charge in [-0.25, -0.2) is 4.39 Å². The maximum atomic E-state index is 12.9. The first-order valence-corrected chi connectivity index (χ1v) is 4.34. The van der Waals surface area contributed by atoms with E-state index in [9.17, 15) is 4.39 Å². The van der Waals surface area contributed by atoms with Gasteiger partial charge in [-0.05, 0) is 29.9 Å². The van der Waals surface area contributed by atoms with Crippen LogP contribution in [0.1, 0.15) is 5.56 Å². The Labute approximate surface area is 77.0 Å². The minimum absolute atomic E-state index is 0.300. The summed E-state index contributed by atoms with van der Waals surface area (Å²) in [6, 6.07) is 4.86. The van der Waals surface area contributed by atoms with Gasteiger partial charge >= 0.3 is 0 Å². The van der Waals surface area contributed by atoms with Crippen LogP contribution in [0, 0.1) is 5.82 Å². The first-order valence-electron chi connectivity index (χ1n) is 3.71. The minimum Gasteiger partial charge on any atom is -0.494 e. The largest absolute Gasteiger partial charge is 0.494 e. The first kappa shape index (κ1) is 9.39. The maximum absolute atomic E-state index is 12.9. The van der Waals surface area contributed by atoms with E-state index in [-0.39, 0.29) is 5.82 Å². The number of methoxy groups -OCH3 is 1. The fourth-order valence-corrected chi connectivity index (χ4v) is 1.25. The monoisotopic (exact) mass is 186 g/mol. The van der Waals surface area contributed by atoms with Gasteiger partial charge in [0.1, 0.15) is 0 Å². The number of hydrogen-bond acceptors (Lipinski definition) is 2. The zero-order valence-electron chi connectivity index (χ0n) is 6.88. The Morgan fingerprint density at radius 2 is 2.25 bits per heavy atom. The third-order valence-electron chi connectivity index (χ3n) is 1.62. The Bertz CT molecular complexity index is 263. The average Bonchev–Trinajstić information content (AvgIpc) is 2.09. The summed E-state index contributed by atoms with van der Waals surface area (Å²) in [6.07, 6.45) is 0.833. The van der Waals surface area contributed by atoms with E-state index in [1.807, 2.05) is 0 Å². The van der Waals surface area contributed by atoms with Crippen molar-refractivity contribution < 1.29 is 9.13 Å². The zero-order chi connectivity index (χ0) is 8.97. The SMILES string of the molecule is COc1cc(CCS)ccc1F. The van der Waals surface area contributed by atoms with Crippen molar-refractivity contribution in [1.29, 1.82) is 0 Å². The third-order valence-corrected chi connectivity index (χ3v) is 1.84. The van der Waals surface area contributed by atoms with E-state index in [4.69, 9.17) is 4.74 Å². The lowest BCUT2D eigenvalue weighted by Crippen LogP contribution is -1.91. The summed E-state index contributed by atoms with van der Waals surface area (Å²) in [5.74, 6) is 0.740. The van der Waals surface area contributed by atoms with Crippen molar-refractivity contribution in [2.24, 2.45) is 0 Å². The molecule has 0 saturated heterocycles. The highest BCUT2D eigenvalue weighted by molar-refractivity contribution is 7.80. The number of aryl methyl sites for hydroxylation is 1. The minimum atomic E-state index is -0.319. The Hall–Kier alpha value is -0.700. The van der Waals surface area contributed by atoms with Crippen molar-refractivity contribution in [3.05, 3.63) is 29.6 Å². The van der Waals surface area contributed by atoms with Crippen LogP contribution in [-0.4, -0.2) is 12.9 Å². The van der Waals surface area contributed by atoms with Crippen LogP contribution in [-0.2, 0) is 6.42 Å². The molecule has 1 nitrogen and oxygen atoms in total. The second kappa shape index (κ2) is 4.36. The molecule has 0 aliphatic heterocycles. The molecule has 0 fully saturated rings. The Morgan fingerprint density at radius 1 is 1.50 bits per heavy atom. The van der Waals surface area contributed by atoms with Gasteiger partial charge in [-0.15, -0.1) is 0 Å². The molecular formula is C9H11FOS. The summed E-state index contributed by atoms with van der Waals surface area (Å²) in [5.41, 5.74) is 1.04. The highest BCUT2D eigenvalue weighted by Gasteiger charge is 2.01. The van der Waals surface area contributed by atoms with E-state index in [1.165, 1.54) is 13.2 Å². The van der Waals surface area contributed by atoms with Gasteiger partial charge in [0.25, 0.3) is 0 Å². The molecule has 0 aliphatic rings. The summed E-state index contributed by atoms with van der Waals surface area (Å²) in [6.45, 7) is 0. The lowest BCUT2D eigenvalue weighted by Gasteiger charge is -2.03. The smallest absolute Gasteiger partial charge is 0.165 e. The Kier molecular flexibility index (Phi) is 3.41. The van der Waals surface area contributed by atoms with E-state index >= 15 is 0 Å². The van der Waals surface area contributed by atoms with Gasteiger partial charge in [0.15, 0.2) is 11.6 Å². The van der Waals surface area contributed by atoms with Crippen LogP contribution >= 0.6 is 12.6 Å². The van der Waals surface area contributed by atoms with Gasteiger partial charge in [0.05, 0.1) is 7.11 Å². The summed E-state index contributed by atoms with van der Waals surface area (Å²) >= 11 is 4.09. The molecule has 0 bridgehead atoms. The number of benzene rings is 1. The summed E-state index contributed by atoms with van der Waals surface area (Å²) < 4.78 is 17.7. The molecule has 0 N–H and O–H groups in total. The number of hydrogen-bond donors (Lipinski definition) is 1. The van der Waals surface area contributed by atoms with Crippen LogP contribution in [0.5, 0.6) is 5.75 Å². The van der Waals surface area contributed by atoms with Gasteiger partial charge < -0.3 is 4.74 Å². The number of halogens is 1. The van der Waals surface area contributed by atoms with Crippen molar-refractivity contribution in [3.8, 4) is 5.75 Å². The third kappa shape index (κ3) is 2.14. The van der Waals surface area contributed by atoms with E-state index in [0.717, 1.165) is 17.7 Å². The molecule has 1 rings (SSSR count). The van der Waals surface area contributed by atoms with Crippen molar-refractivity contribution in [2.45, 2.75) is 6.42 Å². The molecule has 1 aromatic rings. The normalized spacial score (nSPS) is 9.92. The van der Waals surface area contributed by atoms with Crippen molar-refractivity contribution in [2.75, 3.05) is 12.9 Å². The lowest BCUT2D eigenvalue weighted by atomic mass is 10.1. The molecular weight excluding hydrogens is 175 g/mol. The van der Waals surface area contributed by atoms with Gasteiger partial charge in [0, 0.05) is 0 Å². The molecule has 0 aliphatic carbocycles. The lowest BCUT2D eigenvalue weighted by molar-refractivity contribution is 0.386. The molecule has 0 heterocycles. The topological polar surface area (TPSA) is 9.23 Å². The standard InChI is InChI=1S/C9H11FOS/c1-11-9-6-7(4-5-12)2-3-8(9)10/h2-3,6,12H,4-5H2,1H3. The Morgan fingerprint density at radius 3 is 2.83 bits per heavy atom. The Balaban J connectivity index is 2.89. The van der Waals surface area contributed by atoms with Crippen LogP contribution in [0.4, 0.5) is 4.39 Å². The highest BCUT2D eigenvalue weighted by atomic mass is 32.1. The average molecular weight is 186 g/mol. The molecule has 0 unspecified atom stereocenters. The van der Waals surface area contributed by atoms with Crippen LogP contribution in [0.3, 0.4) is 0 Å². The van der Waals surface area contributed by atoms with E-state index in [0.29, 0.717) is 5.75 Å². The van der Waals surface area contributed by atoms with Crippen LogP contribution in [0.15, 0.2) is 18.2 Å². The second-order valence-corrected chi connectivity index (χ2v) is 2.89. The highest BCUT2D eigenvalue weighted by Crippen LogP contribution is 2.18. The predicted octanol–water partition coefficient (Wildman–Crippen LogP) is 2.31. The molecule has 0 amide bonds. The molecule has 0 atom stereocenters. The maximum Gasteiger partial charge on any atom is 0.165 e. The second-order valence-electron chi connectivity index (χ2n) is 2.44. The molecule has 0 spiro atoms. The number of rotatable bonds is 3. The van der Waals surface area contributed by atoms with Gasteiger partial charge in [-0.1, -0.05) is 6.07 Å². The quantitative estimate of drug-likeness (QED) is 0.713. The van der Waals surface area contributed by atoms with Crippen molar-refractivity contribution in [1.82, 2.24) is 0 Å². The molecule has 3 heteroatoms. The van der Waals surface area contributed by atoms with E-state index in [2.05, 4.69) is 12.6 Å². The fraction of sp³-hybridized carbons (Fsp3) is 0.333. The van der Waals surface area contributed by atoms with Gasteiger partial charge in [0.2, 0.25) is 0 Å². The predicted molar refractivity (Wildman–Crippen MR) is 50.5 cm³/mol. The van der Waals surface area contributed by atoms with Gasteiger partial charge in [-0.3, -0.25) is 0 Å². The van der Waals surface area contributed by atoms with Crippen LogP contribution in [0.2, 0.25) is 0 Å². The van der Waals surface area contributed by atoms with Crippen LogP contribution in [0.25, 0.3) is 0 Å². The molecule has 0 saturated carbocycles. The molecule has 1 aromatic carbocycles. The zero-order valence-corrected chi connectivity index (χ0v) is 7.77. The molecule has 12 heavy (non-hydrogen) atoms. The van der Waals surface area contributed by atoms with Crippen molar-refractivity contribution >= 4 is 12.6 Å². The van der Waals surface area contributed by atoms with Gasteiger partial charge in [-0.2, -0.15) is 12.6 Å². The summed E-state index contributed by atoms with van der Waals surface area (Å²) in [7, 11) is 1.46. The van der Waals surface area contributed by atoms with E-state index < -0.39 is 0 Å². The van der Waals surface area contributed by atoms with E-state index in [1.54, 1.807) is 12.1 Å². The number of ether oxygens (including phenoxy) is 1.